The fourth-order valence-electron chi connectivity index (χ4n) is 1.62. The van der Waals surface area contributed by atoms with Gasteiger partial charge in [0.15, 0.2) is 0 Å². The SMILES string of the molecule is COC(=O)c1cc(Sc2ccc(C#N)cc2)ccc1N. The Kier molecular flexibility index (Phi) is 4.28. The zero-order valence-electron chi connectivity index (χ0n) is 10.8. The summed E-state index contributed by atoms with van der Waals surface area (Å²) in [6.07, 6.45) is 0. The lowest BCUT2D eigenvalue weighted by Gasteiger charge is -2.07. The van der Waals surface area contributed by atoms with Gasteiger partial charge in [-0.25, -0.2) is 4.79 Å². The van der Waals surface area contributed by atoms with Crippen LogP contribution in [0, 0.1) is 11.3 Å². The number of anilines is 1. The van der Waals surface area contributed by atoms with Crippen LogP contribution in [0.2, 0.25) is 0 Å². The van der Waals surface area contributed by atoms with E-state index in [-0.39, 0.29) is 0 Å². The third-order valence-corrected chi connectivity index (χ3v) is 3.65. The average molecular weight is 284 g/mol. The number of hydrogen-bond acceptors (Lipinski definition) is 5. The van der Waals surface area contributed by atoms with E-state index in [1.54, 1.807) is 24.3 Å². The number of nitrogen functional groups attached to an aromatic ring is 1. The van der Waals surface area contributed by atoms with E-state index in [1.165, 1.54) is 18.9 Å². The van der Waals surface area contributed by atoms with Gasteiger partial charge in [0.25, 0.3) is 0 Å². The minimum absolute atomic E-state index is 0.353. The minimum Gasteiger partial charge on any atom is -0.465 e. The van der Waals surface area contributed by atoms with Crippen LogP contribution in [-0.2, 0) is 4.74 Å². The number of carbonyl (C=O) groups excluding carboxylic acids is 1. The second-order valence-corrected chi connectivity index (χ2v) is 5.13. The first kappa shape index (κ1) is 14.0. The molecule has 0 unspecified atom stereocenters. The summed E-state index contributed by atoms with van der Waals surface area (Å²) in [6.45, 7) is 0. The molecule has 5 heteroatoms. The Morgan fingerprint density at radius 3 is 2.45 bits per heavy atom. The lowest BCUT2D eigenvalue weighted by atomic mass is 10.2. The smallest absolute Gasteiger partial charge is 0.339 e. The van der Waals surface area contributed by atoms with Gasteiger partial charge in [0.1, 0.15) is 0 Å². The third kappa shape index (κ3) is 3.11. The van der Waals surface area contributed by atoms with Crippen LogP contribution < -0.4 is 5.73 Å². The van der Waals surface area contributed by atoms with Crippen molar-refractivity contribution in [1.82, 2.24) is 0 Å². The van der Waals surface area contributed by atoms with Crippen molar-refractivity contribution in [3.05, 3.63) is 53.6 Å². The molecular weight excluding hydrogens is 272 g/mol. The highest BCUT2D eigenvalue weighted by atomic mass is 32.2. The highest BCUT2D eigenvalue weighted by Crippen LogP contribution is 2.30. The molecule has 0 atom stereocenters. The van der Waals surface area contributed by atoms with Crippen molar-refractivity contribution < 1.29 is 9.53 Å². The molecular formula is C15H12N2O2S. The summed E-state index contributed by atoms with van der Waals surface area (Å²) >= 11 is 1.48. The van der Waals surface area contributed by atoms with Gasteiger partial charge in [-0.05, 0) is 42.5 Å². The maximum atomic E-state index is 11.6. The van der Waals surface area contributed by atoms with Crippen molar-refractivity contribution in [3.63, 3.8) is 0 Å². The number of nitrogens with two attached hydrogens (primary N) is 1. The van der Waals surface area contributed by atoms with E-state index in [4.69, 9.17) is 11.0 Å². The molecule has 2 rings (SSSR count). The summed E-state index contributed by atoms with van der Waals surface area (Å²) in [5, 5.41) is 8.75. The molecule has 2 aromatic rings. The summed E-state index contributed by atoms with van der Waals surface area (Å²) in [5.74, 6) is -0.454. The van der Waals surface area contributed by atoms with Crippen molar-refractivity contribution >= 4 is 23.4 Å². The molecule has 0 aliphatic rings. The van der Waals surface area contributed by atoms with Crippen molar-refractivity contribution in [2.24, 2.45) is 0 Å². The van der Waals surface area contributed by atoms with Gasteiger partial charge < -0.3 is 10.5 Å². The van der Waals surface area contributed by atoms with E-state index >= 15 is 0 Å². The molecule has 4 nitrogen and oxygen atoms in total. The number of nitrogens with zero attached hydrogens (tertiary/aromatic N) is 1. The van der Waals surface area contributed by atoms with Crippen molar-refractivity contribution in [2.75, 3.05) is 12.8 Å². The Morgan fingerprint density at radius 1 is 1.20 bits per heavy atom. The maximum absolute atomic E-state index is 11.6. The molecule has 0 aliphatic carbocycles. The van der Waals surface area contributed by atoms with Crippen LogP contribution >= 0.6 is 11.8 Å². The summed E-state index contributed by atoms with van der Waals surface area (Å²) in [4.78, 5) is 13.4. The first-order valence-electron chi connectivity index (χ1n) is 5.80. The molecule has 0 spiro atoms. The quantitative estimate of drug-likeness (QED) is 0.692. The Labute approximate surface area is 121 Å². The molecule has 0 amide bonds. The predicted octanol–water partition coefficient (Wildman–Crippen LogP) is 3.08. The van der Waals surface area contributed by atoms with E-state index in [0.29, 0.717) is 16.8 Å². The highest BCUT2D eigenvalue weighted by molar-refractivity contribution is 7.99. The lowest BCUT2D eigenvalue weighted by Crippen LogP contribution is -2.05. The number of nitriles is 1. The molecule has 2 N–H and O–H groups in total. The second kappa shape index (κ2) is 6.13. The van der Waals surface area contributed by atoms with Crippen LogP contribution in [0.5, 0.6) is 0 Å². The number of carbonyl (C=O) groups is 1. The van der Waals surface area contributed by atoms with Crippen LogP contribution in [0.15, 0.2) is 52.3 Å². The Balaban J connectivity index is 2.25. The number of methoxy groups -OCH3 is 1. The number of hydrogen-bond donors (Lipinski definition) is 1. The first-order chi connectivity index (χ1) is 9.63. The first-order valence-corrected chi connectivity index (χ1v) is 6.61. The van der Waals surface area contributed by atoms with E-state index in [1.807, 2.05) is 18.2 Å². The molecule has 0 aliphatic heterocycles. The van der Waals surface area contributed by atoms with E-state index in [2.05, 4.69) is 10.8 Å². The maximum Gasteiger partial charge on any atom is 0.339 e. The molecule has 0 heterocycles. The van der Waals surface area contributed by atoms with Crippen molar-refractivity contribution in [3.8, 4) is 6.07 Å². The summed E-state index contributed by atoms with van der Waals surface area (Å²) in [7, 11) is 1.32. The standard InChI is InChI=1S/C15H12N2O2S/c1-19-15(18)13-8-12(6-7-14(13)17)20-11-4-2-10(9-16)3-5-11/h2-8H,17H2,1H3. The van der Waals surface area contributed by atoms with Crippen molar-refractivity contribution in [2.45, 2.75) is 9.79 Å². The van der Waals surface area contributed by atoms with Gasteiger partial charge in [-0.15, -0.1) is 0 Å². The Bertz CT molecular complexity index is 675. The average Bonchev–Trinajstić information content (AvgIpc) is 2.49. The Morgan fingerprint density at radius 2 is 1.85 bits per heavy atom. The predicted molar refractivity (Wildman–Crippen MR) is 77.5 cm³/mol. The van der Waals surface area contributed by atoms with E-state index in [9.17, 15) is 4.79 Å². The monoisotopic (exact) mass is 284 g/mol. The number of esters is 1. The van der Waals surface area contributed by atoms with Gasteiger partial charge in [0.05, 0.1) is 24.3 Å². The number of benzene rings is 2. The molecule has 0 aromatic heterocycles. The zero-order valence-corrected chi connectivity index (χ0v) is 11.6. The topological polar surface area (TPSA) is 76.1 Å². The van der Waals surface area contributed by atoms with Gasteiger partial charge in [-0.3, -0.25) is 0 Å². The fraction of sp³-hybridized carbons (Fsp3) is 0.0667. The molecule has 100 valence electrons. The number of ether oxygens (including phenoxy) is 1. The highest BCUT2D eigenvalue weighted by Gasteiger charge is 2.11. The Hall–Kier alpha value is -2.45. The normalized spacial score (nSPS) is 9.80. The fourth-order valence-corrected chi connectivity index (χ4v) is 2.48. The van der Waals surface area contributed by atoms with Gasteiger partial charge in [-0.1, -0.05) is 11.8 Å². The molecule has 2 aromatic carbocycles. The molecule has 0 fully saturated rings. The largest absolute Gasteiger partial charge is 0.465 e. The molecule has 0 radical (unpaired) electrons. The van der Waals surface area contributed by atoms with Gasteiger partial charge in [0.2, 0.25) is 0 Å². The minimum atomic E-state index is -0.454. The van der Waals surface area contributed by atoms with Gasteiger partial charge >= 0.3 is 5.97 Å². The summed E-state index contributed by atoms with van der Waals surface area (Å²) < 4.78 is 4.69. The summed E-state index contributed by atoms with van der Waals surface area (Å²) in [5.41, 5.74) is 7.11. The zero-order chi connectivity index (χ0) is 14.5. The van der Waals surface area contributed by atoms with Gasteiger partial charge in [-0.2, -0.15) is 5.26 Å². The van der Waals surface area contributed by atoms with Crippen LogP contribution in [0.25, 0.3) is 0 Å². The van der Waals surface area contributed by atoms with E-state index < -0.39 is 5.97 Å². The molecule has 0 saturated heterocycles. The third-order valence-electron chi connectivity index (χ3n) is 2.65. The molecule has 0 saturated carbocycles. The van der Waals surface area contributed by atoms with E-state index in [0.717, 1.165) is 9.79 Å². The van der Waals surface area contributed by atoms with Crippen LogP contribution in [-0.4, -0.2) is 13.1 Å². The molecule has 20 heavy (non-hydrogen) atoms. The second-order valence-electron chi connectivity index (χ2n) is 3.98. The van der Waals surface area contributed by atoms with Crippen LogP contribution in [0.3, 0.4) is 0 Å². The van der Waals surface area contributed by atoms with Crippen LogP contribution in [0.4, 0.5) is 5.69 Å². The summed E-state index contributed by atoms with van der Waals surface area (Å²) in [6, 6.07) is 14.5. The van der Waals surface area contributed by atoms with Crippen LogP contribution in [0.1, 0.15) is 15.9 Å². The number of rotatable bonds is 3. The van der Waals surface area contributed by atoms with Crippen molar-refractivity contribution in [1.29, 1.82) is 5.26 Å². The van der Waals surface area contributed by atoms with Gasteiger partial charge in [0, 0.05) is 15.5 Å². The lowest BCUT2D eigenvalue weighted by molar-refractivity contribution is 0.0601. The molecule has 0 bridgehead atoms.